The van der Waals surface area contributed by atoms with Crippen LogP contribution in [0.15, 0.2) is 53.7 Å². The zero-order valence-corrected chi connectivity index (χ0v) is 11.9. The molecule has 0 saturated carbocycles. The summed E-state index contributed by atoms with van der Waals surface area (Å²) in [5.74, 6) is -0.323. The highest BCUT2D eigenvalue weighted by molar-refractivity contribution is 6.30. The first-order valence-electron chi connectivity index (χ1n) is 6.11. The molecule has 2 aromatic carbocycles. The molecule has 0 heterocycles. The van der Waals surface area contributed by atoms with Crippen LogP contribution < -0.4 is 4.74 Å². The average Bonchev–Trinajstić information content (AvgIpc) is 2.45. The van der Waals surface area contributed by atoms with Crippen LogP contribution in [0.1, 0.15) is 11.1 Å². The standard InChI is InChI=1S/C15H10ClF3NO2/c16-13-7-5-11(6-8-13)9-20-21-10-12-3-1-2-4-14(12)22-15(17,18)19/h1-8H,10H2. The van der Waals surface area contributed by atoms with Gasteiger partial charge in [-0.25, -0.2) is 0 Å². The lowest BCUT2D eigenvalue weighted by Gasteiger charge is -2.12. The Balaban J connectivity index is 1.95. The van der Waals surface area contributed by atoms with Crippen LogP contribution in [0.4, 0.5) is 13.2 Å². The second-order valence-corrected chi connectivity index (χ2v) is 4.58. The van der Waals surface area contributed by atoms with Crippen LogP contribution in [0.5, 0.6) is 5.75 Å². The van der Waals surface area contributed by atoms with Crippen molar-refractivity contribution in [3.05, 3.63) is 64.7 Å². The molecule has 1 radical (unpaired) electrons. The summed E-state index contributed by atoms with van der Waals surface area (Å²) in [7, 11) is 0. The number of hydrogen-bond acceptors (Lipinski definition) is 3. The molecule has 0 aliphatic heterocycles. The van der Waals surface area contributed by atoms with E-state index in [-0.39, 0.29) is 17.9 Å². The lowest BCUT2D eigenvalue weighted by molar-refractivity contribution is -0.275. The van der Waals surface area contributed by atoms with E-state index in [0.29, 0.717) is 10.6 Å². The summed E-state index contributed by atoms with van der Waals surface area (Å²) in [6, 6.07) is 12.4. The minimum absolute atomic E-state index is 0.174. The number of nitrogens with zero attached hydrogens (tertiary/aromatic N) is 1. The Kier molecular flexibility index (Phi) is 5.27. The second kappa shape index (κ2) is 7.17. The summed E-state index contributed by atoms with van der Waals surface area (Å²) in [5, 5.41) is 4.15. The lowest BCUT2D eigenvalue weighted by Crippen LogP contribution is -2.18. The summed E-state index contributed by atoms with van der Waals surface area (Å²) in [5.41, 5.74) is 0.853. The molecule has 2 aromatic rings. The van der Waals surface area contributed by atoms with Crippen molar-refractivity contribution in [2.45, 2.75) is 13.0 Å². The molecule has 0 amide bonds. The van der Waals surface area contributed by atoms with Gasteiger partial charge in [0.15, 0.2) is 0 Å². The predicted molar refractivity (Wildman–Crippen MR) is 75.9 cm³/mol. The fraction of sp³-hybridized carbons (Fsp3) is 0.133. The predicted octanol–water partition coefficient (Wildman–Crippen LogP) is 4.67. The van der Waals surface area contributed by atoms with Crippen molar-refractivity contribution in [3.63, 3.8) is 0 Å². The van der Waals surface area contributed by atoms with Gasteiger partial charge in [-0.1, -0.05) is 47.1 Å². The van der Waals surface area contributed by atoms with Crippen molar-refractivity contribution >= 4 is 17.8 Å². The van der Waals surface area contributed by atoms with Crippen LogP contribution in [0.25, 0.3) is 0 Å². The number of rotatable bonds is 5. The van der Waals surface area contributed by atoms with Crippen LogP contribution in [0.2, 0.25) is 5.02 Å². The molecule has 0 atom stereocenters. The molecule has 7 heteroatoms. The van der Waals surface area contributed by atoms with Gasteiger partial charge in [0.2, 0.25) is 0 Å². The SMILES string of the molecule is FC(F)(F)Oc1ccccc1CO/N=[C]\c1ccc(Cl)cc1. The number of ether oxygens (including phenoxy) is 1. The zero-order chi connectivity index (χ0) is 16.0. The van der Waals surface area contributed by atoms with Crippen LogP contribution in [-0.4, -0.2) is 12.6 Å². The highest BCUT2D eigenvalue weighted by Crippen LogP contribution is 2.26. The van der Waals surface area contributed by atoms with E-state index in [1.165, 1.54) is 18.2 Å². The second-order valence-electron chi connectivity index (χ2n) is 4.14. The van der Waals surface area contributed by atoms with Crippen molar-refractivity contribution in [1.29, 1.82) is 0 Å². The van der Waals surface area contributed by atoms with Gasteiger partial charge in [0.05, 0.1) is 0 Å². The topological polar surface area (TPSA) is 30.8 Å². The number of para-hydroxylation sites is 1. The summed E-state index contributed by atoms with van der Waals surface area (Å²) >= 11 is 5.73. The van der Waals surface area contributed by atoms with E-state index >= 15 is 0 Å². The average molecular weight is 329 g/mol. The van der Waals surface area contributed by atoms with Gasteiger partial charge in [-0.3, -0.25) is 0 Å². The minimum atomic E-state index is -4.76. The maximum Gasteiger partial charge on any atom is 0.573 e. The third-order valence-electron chi connectivity index (χ3n) is 2.50. The van der Waals surface area contributed by atoms with Crippen molar-refractivity contribution in [2.75, 3.05) is 0 Å². The fourth-order valence-corrected chi connectivity index (χ4v) is 1.68. The lowest BCUT2D eigenvalue weighted by atomic mass is 10.2. The van der Waals surface area contributed by atoms with Gasteiger partial charge >= 0.3 is 6.36 Å². The number of benzene rings is 2. The summed E-state index contributed by atoms with van der Waals surface area (Å²) in [6.45, 7) is -0.174. The molecule has 115 valence electrons. The highest BCUT2D eigenvalue weighted by Gasteiger charge is 2.32. The number of halogens is 4. The largest absolute Gasteiger partial charge is 0.573 e. The van der Waals surface area contributed by atoms with Crippen LogP contribution in [0, 0.1) is 0 Å². The quantitative estimate of drug-likeness (QED) is 0.590. The Morgan fingerprint density at radius 1 is 1.05 bits per heavy atom. The van der Waals surface area contributed by atoms with Gasteiger partial charge in [0, 0.05) is 16.1 Å². The van der Waals surface area contributed by atoms with Crippen LogP contribution in [-0.2, 0) is 11.4 Å². The molecule has 0 fully saturated rings. The molecule has 0 spiro atoms. The van der Waals surface area contributed by atoms with Crippen molar-refractivity contribution < 1.29 is 22.7 Å². The summed E-state index contributed by atoms with van der Waals surface area (Å²) < 4.78 is 40.7. The Hall–Kier alpha value is -2.21. The number of hydrogen-bond donors (Lipinski definition) is 0. The van der Waals surface area contributed by atoms with Crippen molar-refractivity contribution in [2.24, 2.45) is 5.16 Å². The van der Waals surface area contributed by atoms with Gasteiger partial charge in [-0.2, -0.15) is 0 Å². The maximum atomic E-state index is 12.3. The molecule has 0 bridgehead atoms. The normalized spacial score (nSPS) is 11.6. The molecule has 22 heavy (non-hydrogen) atoms. The van der Waals surface area contributed by atoms with Gasteiger partial charge in [-0.05, 0) is 18.2 Å². The van der Waals surface area contributed by atoms with Crippen LogP contribution >= 0.6 is 11.6 Å². The molecular weight excluding hydrogens is 319 g/mol. The van der Waals surface area contributed by atoms with Crippen molar-refractivity contribution in [1.82, 2.24) is 0 Å². The van der Waals surface area contributed by atoms with E-state index in [2.05, 4.69) is 16.1 Å². The van der Waals surface area contributed by atoms with E-state index in [1.54, 1.807) is 30.3 Å². The zero-order valence-electron chi connectivity index (χ0n) is 11.1. The molecule has 3 nitrogen and oxygen atoms in total. The van der Waals surface area contributed by atoms with Gasteiger partial charge < -0.3 is 9.57 Å². The molecule has 0 aromatic heterocycles. The first kappa shape index (κ1) is 16.2. The van der Waals surface area contributed by atoms with Crippen LogP contribution in [0.3, 0.4) is 0 Å². The highest BCUT2D eigenvalue weighted by atomic mass is 35.5. The van der Waals surface area contributed by atoms with E-state index in [9.17, 15) is 13.2 Å². The van der Waals surface area contributed by atoms with Crippen molar-refractivity contribution in [3.8, 4) is 5.75 Å². The fourth-order valence-electron chi connectivity index (χ4n) is 1.56. The number of alkyl halides is 3. The Morgan fingerprint density at radius 3 is 2.41 bits per heavy atom. The molecule has 0 saturated heterocycles. The van der Waals surface area contributed by atoms with Gasteiger partial charge in [0.25, 0.3) is 0 Å². The smallest absolute Gasteiger partial charge is 0.405 e. The Morgan fingerprint density at radius 2 is 1.73 bits per heavy atom. The van der Waals surface area contributed by atoms with Gasteiger partial charge in [-0.15, -0.1) is 13.2 Å². The molecule has 0 unspecified atom stereocenters. The molecule has 2 rings (SSSR count). The molecule has 0 N–H and O–H groups in total. The van der Waals surface area contributed by atoms with E-state index in [1.807, 2.05) is 0 Å². The van der Waals surface area contributed by atoms with E-state index < -0.39 is 6.36 Å². The minimum Gasteiger partial charge on any atom is -0.405 e. The summed E-state index contributed by atoms with van der Waals surface area (Å²) in [4.78, 5) is 4.94. The first-order valence-corrected chi connectivity index (χ1v) is 6.49. The summed E-state index contributed by atoms with van der Waals surface area (Å²) in [6.07, 6.45) is -2.16. The van der Waals surface area contributed by atoms with E-state index in [0.717, 1.165) is 0 Å². The molecular formula is C15H10ClF3NO2. The Labute approximate surface area is 129 Å². The molecule has 0 aliphatic rings. The Bertz CT molecular complexity index is 642. The third-order valence-corrected chi connectivity index (χ3v) is 2.75. The van der Waals surface area contributed by atoms with Gasteiger partial charge in [0.1, 0.15) is 18.6 Å². The van der Waals surface area contributed by atoms with E-state index in [4.69, 9.17) is 16.4 Å². The monoisotopic (exact) mass is 328 g/mol. The first-order chi connectivity index (χ1) is 10.4. The maximum absolute atomic E-state index is 12.3. The molecule has 0 aliphatic carbocycles. The third kappa shape index (κ3) is 5.29.